The second kappa shape index (κ2) is 7.21. The van der Waals surface area contributed by atoms with Crippen molar-refractivity contribution in [2.45, 2.75) is 6.92 Å². The van der Waals surface area contributed by atoms with Gasteiger partial charge < -0.3 is 9.30 Å². The molecule has 0 spiro atoms. The van der Waals surface area contributed by atoms with E-state index in [1.54, 1.807) is 24.3 Å². The second-order valence-electron chi connectivity index (χ2n) is 6.22. The number of para-hydroxylation sites is 2. The van der Waals surface area contributed by atoms with Gasteiger partial charge in [-0.05, 0) is 55.0 Å². The van der Waals surface area contributed by atoms with E-state index in [1.807, 2.05) is 54.1 Å². The molecule has 1 aromatic heterocycles. The maximum absolute atomic E-state index is 12.6. The van der Waals surface area contributed by atoms with Gasteiger partial charge in [0.1, 0.15) is 11.5 Å². The van der Waals surface area contributed by atoms with Gasteiger partial charge in [0.25, 0.3) is 5.91 Å². The van der Waals surface area contributed by atoms with Crippen LogP contribution in [0, 0.1) is 6.92 Å². The Balaban J connectivity index is 1.61. The Morgan fingerprint density at radius 2 is 1.63 bits per heavy atom. The molecule has 27 heavy (non-hydrogen) atoms. The summed E-state index contributed by atoms with van der Waals surface area (Å²) in [4.78, 5) is 17.6. The minimum atomic E-state index is -0.263. The average molecular weight is 374 g/mol. The lowest BCUT2D eigenvalue weighted by Crippen LogP contribution is -2.13. The number of carbonyl (C=O) groups is 1. The van der Waals surface area contributed by atoms with Crippen molar-refractivity contribution in [2.24, 2.45) is 12.0 Å². The molecule has 1 heterocycles. The maximum Gasteiger partial charge on any atom is 0.279 e. The molecule has 0 bridgehead atoms. The summed E-state index contributed by atoms with van der Waals surface area (Å²) < 4.78 is 8.85. The molecule has 4 aromatic rings. The summed E-state index contributed by atoms with van der Waals surface area (Å²) in [6.07, 6.45) is 0. The van der Waals surface area contributed by atoms with Crippen molar-refractivity contribution >= 4 is 27.5 Å². The first-order valence-corrected chi connectivity index (χ1v) is 9.40. The smallest absolute Gasteiger partial charge is 0.279 e. The summed E-state index contributed by atoms with van der Waals surface area (Å²) in [5, 5.41) is 0. The highest BCUT2D eigenvalue weighted by Crippen LogP contribution is 2.22. The Labute approximate surface area is 161 Å². The number of carbonyl (C=O) groups excluding carboxylic acids is 1. The third-order valence-corrected chi connectivity index (χ3v) is 5.40. The van der Waals surface area contributed by atoms with Crippen LogP contribution >= 0.6 is 11.3 Å². The third kappa shape index (κ3) is 3.55. The van der Waals surface area contributed by atoms with Crippen LogP contribution in [0.5, 0.6) is 11.5 Å². The summed E-state index contributed by atoms with van der Waals surface area (Å²) in [7, 11) is 1.94. The molecular weight excluding hydrogens is 356 g/mol. The highest BCUT2D eigenvalue weighted by Gasteiger charge is 2.09. The molecule has 0 radical (unpaired) electrons. The van der Waals surface area contributed by atoms with E-state index in [2.05, 4.69) is 18.0 Å². The van der Waals surface area contributed by atoms with E-state index in [9.17, 15) is 4.79 Å². The fourth-order valence-electron chi connectivity index (χ4n) is 2.95. The van der Waals surface area contributed by atoms with Gasteiger partial charge in [-0.3, -0.25) is 4.79 Å². The third-order valence-electron chi connectivity index (χ3n) is 4.30. The van der Waals surface area contributed by atoms with Crippen LogP contribution in [0.3, 0.4) is 0 Å². The predicted molar refractivity (Wildman–Crippen MR) is 108 cm³/mol. The van der Waals surface area contributed by atoms with Crippen LogP contribution < -0.4 is 9.54 Å². The number of rotatable bonds is 3. The molecule has 5 heteroatoms. The van der Waals surface area contributed by atoms with Crippen molar-refractivity contribution in [1.29, 1.82) is 0 Å². The van der Waals surface area contributed by atoms with Crippen molar-refractivity contribution in [2.75, 3.05) is 0 Å². The van der Waals surface area contributed by atoms with E-state index in [0.29, 0.717) is 16.1 Å². The van der Waals surface area contributed by atoms with Crippen LogP contribution in [-0.2, 0) is 7.05 Å². The highest BCUT2D eigenvalue weighted by molar-refractivity contribution is 7.16. The molecule has 0 aliphatic heterocycles. The summed E-state index contributed by atoms with van der Waals surface area (Å²) in [5.41, 5.74) is 2.81. The van der Waals surface area contributed by atoms with Gasteiger partial charge in [0.15, 0.2) is 4.80 Å². The SMILES string of the molecule is Cc1cccc2sc(=NC(=O)c3ccc(Oc4ccccc4)cc3)n(C)c12. The van der Waals surface area contributed by atoms with E-state index >= 15 is 0 Å². The topological polar surface area (TPSA) is 43.6 Å². The number of thiazole rings is 1. The summed E-state index contributed by atoms with van der Waals surface area (Å²) >= 11 is 1.52. The highest BCUT2D eigenvalue weighted by atomic mass is 32.1. The molecule has 0 N–H and O–H groups in total. The van der Waals surface area contributed by atoms with Crippen LogP contribution in [0.25, 0.3) is 10.2 Å². The Morgan fingerprint density at radius 1 is 0.926 bits per heavy atom. The largest absolute Gasteiger partial charge is 0.457 e. The number of hydrogen-bond acceptors (Lipinski definition) is 3. The zero-order valence-electron chi connectivity index (χ0n) is 15.0. The first-order valence-electron chi connectivity index (χ1n) is 8.59. The number of fused-ring (bicyclic) bond motifs is 1. The minimum absolute atomic E-state index is 0.263. The lowest BCUT2D eigenvalue weighted by Gasteiger charge is -2.05. The first-order chi connectivity index (χ1) is 13.1. The fraction of sp³-hybridized carbons (Fsp3) is 0.0909. The second-order valence-corrected chi connectivity index (χ2v) is 7.23. The monoisotopic (exact) mass is 374 g/mol. The molecular formula is C22H18N2O2S. The van der Waals surface area contributed by atoms with E-state index in [-0.39, 0.29) is 5.91 Å². The molecule has 0 saturated carbocycles. The maximum atomic E-state index is 12.6. The molecule has 3 aromatic carbocycles. The quantitative estimate of drug-likeness (QED) is 0.502. The van der Waals surface area contributed by atoms with Crippen molar-refractivity contribution in [1.82, 2.24) is 4.57 Å². The molecule has 0 fully saturated rings. The molecule has 0 saturated heterocycles. The van der Waals surface area contributed by atoms with Gasteiger partial charge in [-0.1, -0.05) is 41.7 Å². The zero-order chi connectivity index (χ0) is 18.8. The van der Waals surface area contributed by atoms with Crippen LogP contribution in [-0.4, -0.2) is 10.5 Å². The zero-order valence-corrected chi connectivity index (χ0v) is 15.9. The molecule has 0 unspecified atom stereocenters. The molecule has 0 aliphatic carbocycles. The fourth-order valence-corrected chi connectivity index (χ4v) is 4.04. The number of hydrogen-bond donors (Lipinski definition) is 0. The van der Waals surface area contributed by atoms with Crippen molar-refractivity contribution in [3.8, 4) is 11.5 Å². The van der Waals surface area contributed by atoms with Crippen molar-refractivity contribution in [3.05, 3.63) is 88.7 Å². The van der Waals surface area contributed by atoms with E-state index in [1.165, 1.54) is 16.9 Å². The Morgan fingerprint density at radius 3 is 2.33 bits per heavy atom. The van der Waals surface area contributed by atoms with Gasteiger partial charge >= 0.3 is 0 Å². The average Bonchev–Trinajstić information content (AvgIpc) is 3.00. The Bertz CT molecular complexity index is 1170. The number of aryl methyl sites for hydroxylation is 2. The number of benzene rings is 3. The van der Waals surface area contributed by atoms with Gasteiger partial charge in [0.05, 0.1) is 10.2 Å². The van der Waals surface area contributed by atoms with Crippen LogP contribution in [0.1, 0.15) is 15.9 Å². The molecule has 1 amide bonds. The number of amides is 1. The Kier molecular flexibility index (Phi) is 4.60. The van der Waals surface area contributed by atoms with Crippen LogP contribution in [0.15, 0.2) is 77.8 Å². The lowest BCUT2D eigenvalue weighted by molar-refractivity contribution is 0.0998. The number of nitrogens with zero attached hydrogens (tertiary/aromatic N) is 2. The molecule has 0 atom stereocenters. The first kappa shape index (κ1) is 17.2. The van der Waals surface area contributed by atoms with Crippen molar-refractivity contribution < 1.29 is 9.53 Å². The standard InChI is InChI=1S/C22H18N2O2S/c1-15-7-6-10-19-20(15)24(2)22(27-19)23-21(25)16-11-13-18(14-12-16)26-17-8-4-3-5-9-17/h3-14H,1-2H3. The lowest BCUT2D eigenvalue weighted by atomic mass is 10.2. The van der Waals surface area contributed by atoms with Crippen molar-refractivity contribution in [3.63, 3.8) is 0 Å². The molecule has 134 valence electrons. The molecule has 0 aliphatic rings. The van der Waals surface area contributed by atoms with Gasteiger partial charge in [-0.2, -0.15) is 4.99 Å². The van der Waals surface area contributed by atoms with E-state index in [0.717, 1.165) is 16.0 Å². The number of aromatic nitrogens is 1. The van der Waals surface area contributed by atoms with E-state index in [4.69, 9.17) is 4.74 Å². The minimum Gasteiger partial charge on any atom is -0.457 e. The molecule has 4 nitrogen and oxygen atoms in total. The Hall–Kier alpha value is -3.18. The van der Waals surface area contributed by atoms with Gasteiger partial charge in [0, 0.05) is 12.6 Å². The molecule has 4 rings (SSSR count). The summed E-state index contributed by atoms with van der Waals surface area (Å²) in [6.45, 7) is 2.06. The van der Waals surface area contributed by atoms with E-state index < -0.39 is 0 Å². The van der Waals surface area contributed by atoms with Crippen LogP contribution in [0.4, 0.5) is 0 Å². The van der Waals surface area contributed by atoms with Gasteiger partial charge in [-0.25, -0.2) is 0 Å². The summed E-state index contributed by atoms with van der Waals surface area (Å²) in [5.74, 6) is 1.18. The van der Waals surface area contributed by atoms with Crippen LogP contribution in [0.2, 0.25) is 0 Å². The normalized spacial score (nSPS) is 11.7. The number of ether oxygens (including phenoxy) is 1. The summed E-state index contributed by atoms with van der Waals surface area (Å²) in [6, 6.07) is 22.7. The van der Waals surface area contributed by atoms with Gasteiger partial charge in [0.2, 0.25) is 0 Å². The van der Waals surface area contributed by atoms with Gasteiger partial charge in [-0.15, -0.1) is 0 Å². The predicted octanol–water partition coefficient (Wildman–Crippen LogP) is 5.08.